The van der Waals surface area contributed by atoms with Crippen LogP contribution in [-0.2, 0) is 0 Å². The lowest BCUT2D eigenvalue weighted by atomic mass is 10.0. The highest BCUT2D eigenvalue weighted by Gasteiger charge is 2.11. The molecule has 0 saturated heterocycles. The number of amides is 1. The Hall–Kier alpha value is -2.88. The number of hydrogen-bond donors (Lipinski definition) is 2. The highest BCUT2D eigenvalue weighted by atomic mass is 16.1. The van der Waals surface area contributed by atoms with E-state index in [0.717, 1.165) is 16.5 Å². The van der Waals surface area contributed by atoms with Crippen molar-refractivity contribution in [3.8, 4) is 0 Å². The van der Waals surface area contributed by atoms with E-state index in [0.29, 0.717) is 17.1 Å². The number of benzene rings is 2. The number of aromatic nitrogens is 1. The monoisotopic (exact) mass is 277 g/mol. The van der Waals surface area contributed by atoms with Crippen LogP contribution in [0.5, 0.6) is 0 Å². The Balaban J connectivity index is 1.96. The standard InChI is InChI=1S/C17H15N3O/c1-11-5-4-8-16(19-11)20-17(21)14-9-12-6-2-3-7-13(12)10-15(14)18/h2-10H,18H2,1H3,(H,19,20,21). The summed E-state index contributed by atoms with van der Waals surface area (Å²) in [6, 6.07) is 16.9. The molecule has 4 nitrogen and oxygen atoms in total. The Kier molecular flexibility index (Phi) is 3.28. The molecule has 0 radical (unpaired) electrons. The first-order valence-electron chi connectivity index (χ1n) is 6.67. The molecule has 3 aromatic rings. The molecule has 4 heteroatoms. The van der Waals surface area contributed by atoms with Gasteiger partial charge >= 0.3 is 0 Å². The van der Waals surface area contributed by atoms with E-state index in [2.05, 4.69) is 10.3 Å². The number of nitrogen functional groups attached to an aromatic ring is 1. The first-order chi connectivity index (χ1) is 10.1. The van der Waals surface area contributed by atoms with E-state index < -0.39 is 0 Å². The molecule has 2 aromatic carbocycles. The molecule has 0 aliphatic rings. The number of nitrogens with zero attached hydrogens (tertiary/aromatic N) is 1. The number of carbonyl (C=O) groups excluding carboxylic acids is 1. The number of nitrogens with one attached hydrogen (secondary N) is 1. The Morgan fingerprint density at radius 1 is 1.05 bits per heavy atom. The maximum Gasteiger partial charge on any atom is 0.258 e. The van der Waals surface area contributed by atoms with Gasteiger partial charge in [0, 0.05) is 11.4 Å². The Morgan fingerprint density at radius 2 is 1.76 bits per heavy atom. The van der Waals surface area contributed by atoms with Gasteiger partial charge in [-0.15, -0.1) is 0 Å². The molecule has 0 unspecified atom stereocenters. The molecule has 0 saturated carbocycles. The maximum atomic E-state index is 12.4. The highest BCUT2D eigenvalue weighted by Crippen LogP contribution is 2.22. The zero-order valence-corrected chi connectivity index (χ0v) is 11.6. The van der Waals surface area contributed by atoms with Crippen LogP contribution in [0.4, 0.5) is 11.5 Å². The minimum atomic E-state index is -0.253. The third kappa shape index (κ3) is 2.69. The van der Waals surface area contributed by atoms with Crippen molar-refractivity contribution in [1.29, 1.82) is 0 Å². The average Bonchev–Trinajstić information content (AvgIpc) is 2.46. The van der Waals surface area contributed by atoms with Crippen LogP contribution < -0.4 is 11.1 Å². The van der Waals surface area contributed by atoms with Gasteiger partial charge in [0.25, 0.3) is 5.91 Å². The number of fused-ring (bicyclic) bond motifs is 1. The van der Waals surface area contributed by atoms with Gasteiger partial charge in [-0.25, -0.2) is 4.98 Å². The minimum Gasteiger partial charge on any atom is -0.398 e. The summed E-state index contributed by atoms with van der Waals surface area (Å²) in [5, 5.41) is 4.77. The fourth-order valence-electron chi connectivity index (χ4n) is 2.25. The third-order valence-corrected chi connectivity index (χ3v) is 3.29. The molecule has 0 bridgehead atoms. The van der Waals surface area contributed by atoms with Crippen molar-refractivity contribution < 1.29 is 4.79 Å². The molecule has 1 amide bonds. The molecule has 0 spiro atoms. The van der Waals surface area contributed by atoms with Crippen LogP contribution in [0.25, 0.3) is 10.8 Å². The van der Waals surface area contributed by atoms with Crippen molar-refractivity contribution in [1.82, 2.24) is 4.98 Å². The number of hydrogen-bond acceptors (Lipinski definition) is 3. The molecular formula is C17H15N3O. The topological polar surface area (TPSA) is 68.0 Å². The smallest absolute Gasteiger partial charge is 0.258 e. The molecular weight excluding hydrogens is 262 g/mol. The summed E-state index contributed by atoms with van der Waals surface area (Å²) < 4.78 is 0. The van der Waals surface area contributed by atoms with Gasteiger partial charge in [-0.2, -0.15) is 0 Å². The van der Waals surface area contributed by atoms with Crippen LogP contribution in [-0.4, -0.2) is 10.9 Å². The van der Waals surface area contributed by atoms with E-state index in [-0.39, 0.29) is 5.91 Å². The second kappa shape index (κ2) is 5.25. The van der Waals surface area contributed by atoms with Crippen LogP contribution in [0.3, 0.4) is 0 Å². The summed E-state index contributed by atoms with van der Waals surface area (Å²) in [6.07, 6.45) is 0. The van der Waals surface area contributed by atoms with Crippen LogP contribution >= 0.6 is 0 Å². The minimum absolute atomic E-state index is 0.253. The van der Waals surface area contributed by atoms with Gasteiger partial charge in [0.1, 0.15) is 5.82 Å². The van der Waals surface area contributed by atoms with Crippen molar-refractivity contribution in [3.05, 3.63) is 65.9 Å². The van der Waals surface area contributed by atoms with E-state index in [1.54, 1.807) is 12.1 Å². The number of nitrogens with two attached hydrogens (primary N) is 1. The molecule has 3 N–H and O–H groups in total. The van der Waals surface area contributed by atoms with Gasteiger partial charge in [-0.1, -0.05) is 30.3 Å². The van der Waals surface area contributed by atoms with Crippen molar-refractivity contribution in [2.75, 3.05) is 11.1 Å². The molecule has 0 aliphatic heterocycles. The van der Waals surface area contributed by atoms with Crippen molar-refractivity contribution in [2.45, 2.75) is 6.92 Å². The van der Waals surface area contributed by atoms with E-state index in [1.807, 2.05) is 49.4 Å². The van der Waals surface area contributed by atoms with Gasteiger partial charge in [0.15, 0.2) is 0 Å². The summed E-state index contributed by atoms with van der Waals surface area (Å²) >= 11 is 0. The molecule has 0 atom stereocenters. The molecule has 21 heavy (non-hydrogen) atoms. The van der Waals surface area contributed by atoms with E-state index in [1.165, 1.54) is 0 Å². The number of pyridine rings is 1. The normalized spacial score (nSPS) is 10.5. The second-order valence-electron chi connectivity index (χ2n) is 4.90. The summed E-state index contributed by atoms with van der Waals surface area (Å²) in [5.41, 5.74) is 7.75. The van der Waals surface area contributed by atoms with Crippen LogP contribution in [0.15, 0.2) is 54.6 Å². The first-order valence-corrected chi connectivity index (χ1v) is 6.67. The molecule has 104 valence electrons. The van der Waals surface area contributed by atoms with Gasteiger partial charge in [0.05, 0.1) is 5.56 Å². The number of carbonyl (C=O) groups is 1. The quantitative estimate of drug-likeness (QED) is 0.706. The number of anilines is 2. The third-order valence-electron chi connectivity index (χ3n) is 3.29. The predicted molar refractivity (Wildman–Crippen MR) is 85.3 cm³/mol. The first kappa shape index (κ1) is 13.1. The van der Waals surface area contributed by atoms with Gasteiger partial charge in [-0.05, 0) is 42.0 Å². The van der Waals surface area contributed by atoms with Crippen molar-refractivity contribution in [2.24, 2.45) is 0 Å². The summed E-state index contributed by atoms with van der Waals surface area (Å²) in [6.45, 7) is 1.88. The molecule has 1 aromatic heterocycles. The lowest BCUT2D eigenvalue weighted by Crippen LogP contribution is -2.15. The van der Waals surface area contributed by atoms with E-state index in [9.17, 15) is 4.79 Å². The lowest BCUT2D eigenvalue weighted by Gasteiger charge is -2.09. The van der Waals surface area contributed by atoms with Gasteiger partial charge in [-0.3, -0.25) is 4.79 Å². The Labute approximate surface area is 122 Å². The highest BCUT2D eigenvalue weighted by molar-refractivity contribution is 6.10. The zero-order chi connectivity index (χ0) is 14.8. The van der Waals surface area contributed by atoms with Gasteiger partial charge < -0.3 is 11.1 Å². The van der Waals surface area contributed by atoms with E-state index >= 15 is 0 Å². The average molecular weight is 277 g/mol. The fraction of sp³-hybridized carbons (Fsp3) is 0.0588. The summed E-state index contributed by atoms with van der Waals surface area (Å²) in [4.78, 5) is 16.6. The Bertz CT molecular complexity index is 827. The molecule has 0 aliphatic carbocycles. The van der Waals surface area contributed by atoms with Crippen LogP contribution in [0.2, 0.25) is 0 Å². The molecule has 3 rings (SSSR count). The SMILES string of the molecule is Cc1cccc(NC(=O)c2cc3ccccc3cc2N)n1. The van der Waals surface area contributed by atoms with Crippen LogP contribution in [0.1, 0.15) is 16.1 Å². The zero-order valence-electron chi connectivity index (χ0n) is 11.6. The number of rotatable bonds is 2. The number of aryl methyl sites for hydroxylation is 1. The summed E-state index contributed by atoms with van der Waals surface area (Å²) in [5.74, 6) is 0.268. The van der Waals surface area contributed by atoms with Gasteiger partial charge in [0.2, 0.25) is 0 Å². The molecule has 0 fully saturated rings. The molecule has 1 heterocycles. The van der Waals surface area contributed by atoms with E-state index in [4.69, 9.17) is 5.73 Å². The Morgan fingerprint density at radius 3 is 2.48 bits per heavy atom. The predicted octanol–water partition coefficient (Wildman–Crippen LogP) is 3.38. The van der Waals surface area contributed by atoms with Crippen molar-refractivity contribution in [3.63, 3.8) is 0 Å². The van der Waals surface area contributed by atoms with Crippen molar-refractivity contribution >= 4 is 28.2 Å². The second-order valence-corrected chi connectivity index (χ2v) is 4.90. The fourth-order valence-corrected chi connectivity index (χ4v) is 2.25. The maximum absolute atomic E-state index is 12.4. The lowest BCUT2D eigenvalue weighted by molar-refractivity contribution is 0.102. The summed E-state index contributed by atoms with van der Waals surface area (Å²) in [7, 11) is 0. The van der Waals surface area contributed by atoms with Crippen LogP contribution in [0, 0.1) is 6.92 Å². The largest absolute Gasteiger partial charge is 0.398 e.